The van der Waals surface area contributed by atoms with E-state index in [-0.39, 0.29) is 12.1 Å². The van der Waals surface area contributed by atoms with Gasteiger partial charge < -0.3 is 4.90 Å². The van der Waals surface area contributed by atoms with Crippen molar-refractivity contribution in [2.24, 2.45) is 0 Å². The number of alkyl halides is 3. The maximum absolute atomic E-state index is 13.7. The number of hydrogen-bond donors (Lipinski definition) is 0. The van der Waals surface area contributed by atoms with Crippen molar-refractivity contribution in [3.8, 4) is 0 Å². The summed E-state index contributed by atoms with van der Waals surface area (Å²) in [5.41, 5.74) is 0.133. The van der Waals surface area contributed by atoms with Crippen LogP contribution in [0.25, 0.3) is 0 Å². The van der Waals surface area contributed by atoms with Gasteiger partial charge in [0.25, 0.3) is 0 Å². The van der Waals surface area contributed by atoms with Crippen LogP contribution in [0.2, 0.25) is 0 Å². The Hall–Kier alpha value is -2.15. The number of halogens is 5. The molecule has 0 aliphatic carbocycles. The molecule has 1 aliphatic heterocycles. The zero-order valence-electron chi connectivity index (χ0n) is 13.4. The minimum absolute atomic E-state index is 0.278. The highest BCUT2D eigenvalue weighted by Crippen LogP contribution is 2.32. The van der Waals surface area contributed by atoms with Crippen LogP contribution in [0.1, 0.15) is 11.1 Å². The zero-order valence-corrected chi connectivity index (χ0v) is 13.4. The second-order valence-electron chi connectivity index (χ2n) is 6.05. The molecule has 25 heavy (non-hydrogen) atoms. The first kappa shape index (κ1) is 17.7. The predicted octanol–water partition coefficient (Wildman–Crippen LogP) is 4.31. The van der Waals surface area contributed by atoms with Crippen molar-refractivity contribution in [1.82, 2.24) is 4.90 Å². The monoisotopic (exact) mass is 356 g/mol. The third kappa shape index (κ3) is 4.28. The molecular formula is C18H17F5N2. The summed E-state index contributed by atoms with van der Waals surface area (Å²) in [4.78, 5) is 3.83. The lowest BCUT2D eigenvalue weighted by Gasteiger charge is -2.36. The maximum atomic E-state index is 13.7. The van der Waals surface area contributed by atoms with Gasteiger partial charge >= 0.3 is 6.18 Å². The molecule has 3 rings (SSSR count). The van der Waals surface area contributed by atoms with Crippen molar-refractivity contribution in [1.29, 1.82) is 0 Å². The standard InChI is InChI=1S/C18H17F5N2/c19-15-4-5-17(20)13(10-15)12-24-6-8-25(9-7-24)16-3-1-2-14(11-16)18(21,22)23/h1-5,10-11H,6-9,12H2. The fraction of sp³-hybridized carbons (Fsp3) is 0.333. The van der Waals surface area contributed by atoms with E-state index in [9.17, 15) is 22.0 Å². The molecule has 1 fully saturated rings. The predicted molar refractivity (Wildman–Crippen MR) is 85.3 cm³/mol. The Labute approximate surface area is 142 Å². The van der Waals surface area contributed by atoms with E-state index in [1.165, 1.54) is 12.1 Å². The van der Waals surface area contributed by atoms with Crippen molar-refractivity contribution >= 4 is 5.69 Å². The van der Waals surface area contributed by atoms with Crippen LogP contribution in [0.3, 0.4) is 0 Å². The minimum atomic E-state index is -4.37. The van der Waals surface area contributed by atoms with Crippen molar-refractivity contribution in [2.45, 2.75) is 12.7 Å². The van der Waals surface area contributed by atoms with Gasteiger partial charge in [-0.1, -0.05) is 6.07 Å². The van der Waals surface area contributed by atoms with Crippen LogP contribution in [-0.2, 0) is 12.7 Å². The molecule has 134 valence electrons. The van der Waals surface area contributed by atoms with Gasteiger partial charge in [-0.25, -0.2) is 8.78 Å². The molecule has 1 heterocycles. The minimum Gasteiger partial charge on any atom is -0.369 e. The van der Waals surface area contributed by atoms with Gasteiger partial charge in [-0.3, -0.25) is 4.90 Å². The molecule has 1 saturated heterocycles. The molecule has 0 aromatic heterocycles. The van der Waals surface area contributed by atoms with Crippen molar-refractivity contribution in [3.63, 3.8) is 0 Å². The van der Waals surface area contributed by atoms with E-state index in [1.807, 2.05) is 9.80 Å². The van der Waals surface area contributed by atoms with Crippen molar-refractivity contribution < 1.29 is 22.0 Å². The van der Waals surface area contributed by atoms with Gasteiger partial charge in [-0.05, 0) is 36.4 Å². The summed E-state index contributed by atoms with van der Waals surface area (Å²) in [5, 5.41) is 0. The van der Waals surface area contributed by atoms with Gasteiger partial charge in [0.05, 0.1) is 5.56 Å². The quantitative estimate of drug-likeness (QED) is 0.757. The average molecular weight is 356 g/mol. The van der Waals surface area contributed by atoms with Crippen LogP contribution in [0.15, 0.2) is 42.5 Å². The summed E-state index contributed by atoms with van der Waals surface area (Å²) in [6.07, 6.45) is -4.37. The van der Waals surface area contributed by atoms with Crippen molar-refractivity contribution in [2.75, 3.05) is 31.1 Å². The summed E-state index contributed by atoms with van der Waals surface area (Å²) >= 11 is 0. The van der Waals surface area contributed by atoms with Gasteiger partial charge in [-0.2, -0.15) is 13.2 Å². The highest BCUT2D eigenvalue weighted by Gasteiger charge is 2.31. The van der Waals surface area contributed by atoms with Crippen LogP contribution >= 0.6 is 0 Å². The second-order valence-corrected chi connectivity index (χ2v) is 6.05. The van der Waals surface area contributed by atoms with Gasteiger partial charge in [0.2, 0.25) is 0 Å². The summed E-state index contributed by atoms with van der Waals surface area (Å²) in [7, 11) is 0. The third-order valence-electron chi connectivity index (χ3n) is 4.31. The molecule has 2 aromatic rings. The zero-order chi connectivity index (χ0) is 18.0. The van der Waals surface area contributed by atoms with Gasteiger partial charge in [0.1, 0.15) is 11.6 Å². The topological polar surface area (TPSA) is 6.48 Å². The molecule has 0 spiro atoms. The molecule has 0 N–H and O–H groups in total. The molecule has 0 amide bonds. The van der Waals surface area contributed by atoms with Crippen LogP contribution in [0.5, 0.6) is 0 Å². The number of nitrogens with zero attached hydrogens (tertiary/aromatic N) is 2. The summed E-state index contributed by atoms with van der Waals surface area (Å²) in [6.45, 7) is 2.45. The molecule has 0 saturated carbocycles. The van der Waals surface area contributed by atoms with E-state index in [2.05, 4.69) is 0 Å². The van der Waals surface area contributed by atoms with E-state index in [1.54, 1.807) is 6.07 Å². The molecule has 7 heteroatoms. The first-order valence-corrected chi connectivity index (χ1v) is 7.91. The Morgan fingerprint density at radius 2 is 1.60 bits per heavy atom. The number of rotatable bonds is 3. The molecule has 2 aromatic carbocycles. The van der Waals surface area contributed by atoms with Crippen LogP contribution in [0.4, 0.5) is 27.6 Å². The third-order valence-corrected chi connectivity index (χ3v) is 4.31. The van der Waals surface area contributed by atoms with Crippen molar-refractivity contribution in [3.05, 3.63) is 65.2 Å². The first-order chi connectivity index (χ1) is 11.8. The van der Waals surface area contributed by atoms with E-state index in [4.69, 9.17) is 0 Å². The fourth-order valence-corrected chi connectivity index (χ4v) is 2.95. The van der Waals surface area contributed by atoms with Crippen LogP contribution in [-0.4, -0.2) is 31.1 Å². The van der Waals surface area contributed by atoms with E-state index in [0.717, 1.165) is 24.3 Å². The molecule has 0 unspecified atom stereocenters. The highest BCUT2D eigenvalue weighted by molar-refractivity contribution is 5.49. The second kappa shape index (κ2) is 7.00. The van der Waals surface area contributed by atoms with Crippen LogP contribution < -0.4 is 4.90 Å². The number of hydrogen-bond acceptors (Lipinski definition) is 2. The Bertz CT molecular complexity index is 736. The average Bonchev–Trinajstić information content (AvgIpc) is 2.58. The summed E-state index contributed by atoms with van der Waals surface area (Å²) in [5.74, 6) is -0.944. The lowest BCUT2D eigenvalue weighted by atomic mass is 10.1. The molecular weight excluding hydrogens is 339 g/mol. The fourth-order valence-electron chi connectivity index (χ4n) is 2.95. The smallest absolute Gasteiger partial charge is 0.369 e. The van der Waals surface area contributed by atoms with E-state index in [0.29, 0.717) is 31.9 Å². The first-order valence-electron chi connectivity index (χ1n) is 7.91. The number of piperazine rings is 1. The largest absolute Gasteiger partial charge is 0.416 e. The SMILES string of the molecule is Fc1ccc(F)c(CN2CCN(c3cccc(C(F)(F)F)c3)CC2)c1. The van der Waals surface area contributed by atoms with E-state index >= 15 is 0 Å². The molecule has 2 nitrogen and oxygen atoms in total. The normalized spacial score (nSPS) is 16.3. The summed E-state index contributed by atoms with van der Waals surface area (Å²) < 4.78 is 65.4. The molecule has 0 atom stereocenters. The molecule has 0 bridgehead atoms. The Morgan fingerprint density at radius 1 is 0.880 bits per heavy atom. The Balaban J connectivity index is 1.63. The number of anilines is 1. The van der Waals surface area contributed by atoms with Crippen LogP contribution in [0, 0.1) is 11.6 Å². The van der Waals surface area contributed by atoms with E-state index < -0.39 is 23.4 Å². The Kier molecular flexibility index (Phi) is 4.94. The Morgan fingerprint density at radius 3 is 2.28 bits per heavy atom. The molecule has 0 radical (unpaired) electrons. The van der Waals surface area contributed by atoms with Gasteiger partial charge in [0.15, 0.2) is 0 Å². The number of benzene rings is 2. The summed E-state index contributed by atoms with van der Waals surface area (Å²) in [6, 6.07) is 8.58. The highest BCUT2D eigenvalue weighted by atomic mass is 19.4. The van der Waals surface area contributed by atoms with Gasteiger partial charge in [-0.15, -0.1) is 0 Å². The maximum Gasteiger partial charge on any atom is 0.416 e. The lowest BCUT2D eigenvalue weighted by Crippen LogP contribution is -2.46. The van der Waals surface area contributed by atoms with Gasteiger partial charge in [0, 0.05) is 44.0 Å². The lowest BCUT2D eigenvalue weighted by molar-refractivity contribution is -0.137. The molecule has 1 aliphatic rings.